The van der Waals surface area contributed by atoms with E-state index >= 15 is 0 Å². The highest BCUT2D eigenvalue weighted by molar-refractivity contribution is 5.50. The Labute approximate surface area is 168 Å². The third kappa shape index (κ3) is 7.22. The summed E-state index contributed by atoms with van der Waals surface area (Å²) in [6.45, 7) is 3.95. The number of non-ortho nitro benzene ring substituents is 1. The molecule has 0 aliphatic carbocycles. The number of methoxy groups -OCH3 is 1. The van der Waals surface area contributed by atoms with Gasteiger partial charge in [-0.25, -0.2) is 0 Å². The Bertz CT molecular complexity index is 699. The van der Waals surface area contributed by atoms with Crippen molar-refractivity contribution in [2.45, 2.75) is 58.4 Å². The van der Waals surface area contributed by atoms with Crippen LogP contribution in [0.5, 0.6) is 5.75 Å². The molecule has 28 heavy (non-hydrogen) atoms. The molecule has 152 valence electrons. The van der Waals surface area contributed by atoms with Gasteiger partial charge in [-0.15, -0.1) is 0 Å². The Morgan fingerprint density at radius 3 is 2.07 bits per heavy atom. The van der Waals surface area contributed by atoms with Gasteiger partial charge in [-0.05, 0) is 36.2 Å². The molecule has 0 radical (unpaired) electrons. The summed E-state index contributed by atoms with van der Waals surface area (Å²) in [7, 11) is 1.67. The Morgan fingerprint density at radius 1 is 0.893 bits per heavy atom. The minimum absolute atomic E-state index is 0.131. The molecule has 0 amide bonds. The van der Waals surface area contributed by atoms with Crippen LogP contribution in [0.4, 0.5) is 11.4 Å². The van der Waals surface area contributed by atoms with Gasteiger partial charge in [0.2, 0.25) is 0 Å². The Morgan fingerprint density at radius 2 is 1.50 bits per heavy atom. The maximum absolute atomic E-state index is 10.9. The van der Waals surface area contributed by atoms with Crippen molar-refractivity contribution >= 4 is 11.4 Å². The molecule has 0 unspecified atom stereocenters. The Balaban J connectivity index is 1.97. The highest BCUT2D eigenvalue weighted by atomic mass is 16.6. The lowest BCUT2D eigenvalue weighted by molar-refractivity contribution is -0.384. The van der Waals surface area contributed by atoms with Crippen molar-refractivity contribution < 1.29 is 9.66 Å². The summed E-state index contributed by atoms with van der Waals surface area (Å²) in [5.41, 5.74) is 2.35. The monoisotopic (exact) mass is 384 g/mol. The van der Waals surface area contributed by atoms with E-state index in [1.54, 1.807) is 19.2 Å². The second kappa shape index (κ2) is 12.0. The highest BCUT2D eigenvalue weighted by Gasteiger charge is 2.10. The van der Waals surface area contributed by atoms with Gasteiger partial charge in [-0.3, -0.25) is 10.1 Å². The largest absolute Gasteiger partial charge is 0.497 e. The smallest absolute Gasteiger partial charge is 0.269 e. The van der Waals surface area contributed by atoms with Gasteiger partial charge >= 0.3 is 0 Å². The molecule has 5 heteroatoms. The topological polar surface area (TPSA) is 55.6 Å². The first-order valence-electron chi connectivity index (χ1n) is 10.3. The molecular formula is C23H32N2O3. The van der Waals surface area contributed by atoms with Crippen molar-refractivity contribution in [2.75, 3.05) is 18.6 Å². The number of nitrogens with zero attached hydrogens (tertiary/aromatic N) is 2. The maximum Gasteiger partial charge on any atom is 0.269 e. The lowest BCUT2D eigenvalue weighted by atomic mass is 10.1. The van der Waals surface area contributed by atoms with Gasteiger partial charge in [0.25, 0.3) is 5.69 Å². The molecule has 2 aromatic carbocycles. The van der Waals surface area contributed by atoms with Crippen LogP contribution >= 0.6 is 0 Å². The number of hydrogen-bond acceptors (Lipinski definition) is 4. The summed E-state index contributed by atoms with van der Waals surface area (Å²) >= 11 is 0. The molecule has 5 nitrogen and oxygen atoms in total. The van der Waals surface area contributed by atoms with E-state index in [-0.39, 0.29) is 10.6 Å². The first-order chi connectivity index (χ1) is 13.6. The zero-order chi connectivity index (χ0) is 20.2. The zero-order valence-electron chi connectivity index (χ0n) is 17.1. The second-order valence-electron chi connectivity index (χ2n) is 7.16. The lowest BCUT2D eigenvalue weighted by Gasteiger charge is -2.25. The quantitative estimate of drug-likeness (QED) is 0.229. The van der Waals surface area contributed by atoms with Crippen LogP contribution in [0.25, 0.3) is 0 Å². The fourth-order valence-electron chi connectivity index (χ4n) is 3.30. The molecule has 0 heterocycles. The Hall–Kier alpha value is -2.56. The van der Waals surface area contributed by atoms with E-state index in [4.69, 9.17) is 4.74 Å². The molecule has 0 saturated carbocycles. The summed E-state index contributed by atoms with van der Waals surface area (Å²) in [4.78, 5) is 12.9. The molecule has 0 saturated heterocycles. The van der Waals surface area contributed by atoms with E-state index in [2.05, 4.69) is 24.0 Å². The predicted molar refractivity (Wildman–Crippen MR) is 115 cm³/mol. The van der Waals surface area contributed by atoms with Crippen LogP contribution in [-0.4, -0.2) is 18.6 Å². The normalized spacial score (nSPS) is 10.6. The summed E-state index contributed by atoms with van der Waals surface area (Å²) in [5.74, 6) is 0.843. The van der Waals surface area contributed by atoms with Crippen molar-refractivity contribution in [1.82, 2.24) is 0 Å². The predicted octanol–water partition coefficient (Wildman–Crippen LogP) is 6.36. The van der Waals surface area contributed by atoms with Crippen molar-refractivity contribution in [3.05, 3.63) is 64.2 Å². The van der Waals surface area contributed by atoms with Crippen LogP contribution in [0, 0.1) is 10.1 Å². The standard InChI is InChI=1S/C23H32N2O3/c1-3-4-5-6-7-8-9-18-24(21-14-16-23(28-2)17-15-21)19-20-10-12-22(13-11-20)25(26)27/h10-17H,3-9,18-19H2,1-2H3. The van der Waals surface area contributed by atoms with Gasteiger partial charge in [0.1, 0.15) is 5.75 Å². The van der Waals surface area contributed by atoms with Gasteiger partial charge in [0, 0.05) is 30.9 Å². The van der Waals surface area contributed by atoms with Crippen LogP contribution < -0.4 is 9.64 Å². The van der Waals surface area contributed by atoms with Crippen LogP contribution in [0.3, 0.4) is 0 Å². The number of unbranched alkanes of at least 4 members (excludes halogenated alkanes) is 6. The first-order valence-corrected chi connectivity index (χ1v) is 10.3. The molecule has 0 aliphatic rings. The van der Waals surface area contributed by atoms with Gasteiger partial charge < -0.3 is 9.64 Å². The lowest BCUT2D eigenvalue weighted by Crippen LogP contribution is -2.23. The van der Waals surface area contributed by atoms with Crippen LogP contribution in [0.1, 0.15) is 57.4 Å². The summed E-state index contributed by atoms with van der Waals surface area (Å²) in [5, 5.41) is 10.9. The number of hydrogen-bond donors (Lipinski definition) is 0. The van der Waals surface area contributed by atoms with Crippen molar-refractivity contribution in [3.8, 4) is 5.75 Å². The molecule has 0 aliphatic heterocycles. The van der Waals surface area contributed by atoms with E-state index in [9.17, 15) is 10.1 Å². The minimum atomic E-state index is -0.358. The van der Waals surface area contributed by atoms with Gasteiger partial charge in [0.05, 0.1) is 12.0 Å². The van der Waals surface area contributed by atoms with Crippen LogP contribution in [0.15, 0.2) is 48.5 Å². The molecule has 0 atom stereocenters. The molecule has 0 spiro atoms. The molecule has 2 aromatic rings. The highest BCUT2D eigenvalue weighted by Crippen LogP contribution is 2.23. The van der Waals surface area contributed by atoms with E-state index in [0.29, 0.717) is 0 Å². The zero-order valence-corrected chi connectivity index (χ0v) is 17.1. The summed E-state index contributed by atoms with van der Waals surface area (Å²) in [6, 6.07) is 15.0. The summed E-state index contributed by atoms with van der Waals surface area (Å²) < 4.78 is 5.27. The maximum atomic E-state index is 10.9. The average Bonchev–Trinajstić information content (AvgIpc) is 2.72. The van der Waals surface area contributed by atoms with Crippen molar-refractivity contribution in [3.63, 3.8) is 0 Å². The number of nitro benzene ring substituents is 1. The number of ether oxygens (including phenoxy) is 1. The van der Waals surface area contributed by atoms with Gasteiger partial charge in [-0.1, -0.05) is 57.6 Å². The second-order valence-corrected chi connectivity index (χ2v) is 7.16. The third-order valence-corrected chi connectivity index (χ3v) is 4.99. The van der Waals surface area contributed by atoms with E-state index < -0.39 is 0 Å². The van der Waals surface area contributed by atoms with E-state index in [1.807, 2.05) is 24.3 Å². The van der Waals surface area contributed by atoms with Gasteiger partial charge in [0.15, 0.2) is 0 Å². The van der Waals surface area contributed by atoms with E-state index in [1.165, 1.54) is 38.5 Å². The van der Waals surface area contributed by atoms with Gasteiger partial charge in [-0.2, -0.15) is 0 Å². The summed E-state index contributed by atoms with van der Waals surface area (Å²) in [6.07, 6.45) is 8.93. The van der Waals surface area contributed by atoms with E-state index in [0.717, 1.165) is 36.5 Å². The third-order valence-electron chi connectivity index (χ3n) is 4.99. The minimum Gasteiger partial charge on any atom is -0.497 e. The van der Waals surface area contributed by atoms with Crippen molar-refractivity contribution in [1.29, 1.82) is 0 Å². The molecule has 0 bridgehead atoms. The molecule has 0 aromatic heterocycles. The van der Waals surface area contributed by atoms with Crippen LogP contribution in [-0.2, 0) is 6.54 Å². The first kappa shape index (κ1) is 21.7. The Kier molecular flexibility index (Phi) is 9.32. The van der Waals surface area contributed by atoms with Crippen LogP contribution in [0.2, 0.25) is 0 Å². The molecule has 0 fully saturated rings. The SMILES string of the molecule is CCCCCCCCCN(Cc1ccc([N+](=O)[O-])cc1)c1ccc(OC)cc1. The molecule has 2 rings (SSSR count). The number of rotatable bonds is 13. The number of benzene rings is 2. The number of anilines is 1. The van der Waals surface area contributed by atoms with Crippen molar-refractivity contribution in [2.24, 2.45) is 0 Å². The number of nitro groups is 1. The fourth-order valence-corrected chi connectivity index (χ4v) is 3.30. The molecular weight excluding hydrogens is 352 g/mol. The average molecular weight is 385 g/mol. The fraction of sp³-hybridized carbons (Fsp3) is 0.478. The molecule has 0 N–H and O–H groups in total.